The summed E-state index contributed by atoms with van der Waals surface area (Å²) < 4.78 is 38.0. The number of rotatable bonds is 4. The van der Waals surface area contributed by atoms with Gasteiger partial charge in [0.25, 0.3) is 0 Å². The molecule has 0 aliphatic carbocycles. The van der Waals surface area contributed by atoms with E-state index >= 15 is 0 Å². The van der Waals surface area contributed by atoms with Crippen LogP contribution in [0.15, 0.2) is 18.2 Å². The van der Waals surface area contributed by atoms with Crippen molar-refractivity contribution in [2.24, 2.45) is 0 Å². The molecule has 0 saturated carbocycles. The molecular formula is C11H9F3O2. The maximum atomic E-state index is 12.7. The van der Waals surface area contributed by atoms with Crippen LogP contribution in [0.5, 0.6) is 0 Å². The van der Waals surface area contributed by atoms with Crippen molar-refractivity contribution in [1.29, 1.82) is 0 Å². The molecule has 0 amide bonds. The average molecular weight is 230 g/mol. The zero-order chi connectivity index (χ0) is 12.1. The molecule has 1 aromatic carbocycles. The molecule has 0 fully saturated rings. The van der Waals surface area contributed by atoms with Gasteiger partial charge in [-0.3, -0.25) is 4.79 Å². The van der Waals surface area contributed by atoms with E-state index in [0.717, 1.165) is 12.1 Å². The Labute approximate surface area is 90.0 Å². The summed E-state index contributed by atoms with van der Waals surface area (Å²) in [5.41, 5.74) is 0.154. The number of carbonyl (C=O) groups is 1. The van der Waals surface area contributed by atoms with Gasteiger partial charge in [-0.2, -0.15) is 0 Å². The van der Waals surface area contributed by atoms with Crippen LogP contribution in [0.25, 0.3) is 6.08 Å². The number of hydrogen-bond donors (Lipinski definition) is 1. The van der Waals surface area contributed by atoms with Gasteiger partial charge in [0.1, 0.15) is 0 Å². The quantitative estimate of drug-likeness (QED) is 0.807. The summed E-state index contributed by atoms with van der Waals surface area (Å²) in [5, 5.41) is 8.33. The molecule has 16 heavy (non-hydrogen) atoms. The van der Waals surface area contributed by atoms with E-state index in [1.165, 1.54) is 12.2 Å². The topological polar surface area (TPSA) is 37.3 Å². The number of carboxylic acids is 1. The molecule has 0 spiro atoms. The first-order chi connectivity index (χ1) is 7.50. The molecule has 0 bridgehead atoms. The molecular weight excluding hydrogens is 221 g/mol. The predicted octanol–water partition coefficient (Wildman–Crippen LogP) is 2.98. The van der Waals surface area contributed by atoms with E-state index in [2.05, 4.69) is 0 Å². The van der Waals surface area contributed by atoms with Crippen molar-refractivity contribution in [2.45, 2.75) is 12.8 Å². The van der Waals surface area contributed by atoms with Gasteiger partial charge in [0.05, 0.1) is 0 Å². The van der Waals surface area contributed by atoms with Crippen molar-refractivity contribution in [3.8, 4) is 0 Å². The molecule has 1 N–H and O–H groups in total. The van der Waals surface area contributed by atoms with E-state index in [1.807, 2.05) is 0 Å². The molecule has 0 aliphatic rings. The smallest absolute Gasteiger partial charge is 0.303 e. The lowest BCUT2D eigenvalue weighted by molar-refractivity contribution is -0.136. The Morgan fingerprint density at radius 2 is 1.81 bits per heavy atom. The van der Waals surface area contributed by atoms with Crippen LogP contribution in [0, 0.1) is 17.5 Å². The van der Waals surface area contributed by atoms with E-state index in [1.54, 1.807) is 0 Å². The molecule has 0 heterocycles. The number of hydrogen-bond acceptors (Lipinski definition) is 1. The van der Waals surface area contributed by atoms with Gasteiger partial charge < -0.3 is 5.11 Å². The first-order valence-corrected chi connectivity index (χ1v) is 4.53. The van der Waals surface area contributed by atoms with E-state index in [9.17, 15) is 18.0 Å². The molecule has 1 aromatic rings. The molecule has 0 atom stereocenters. The van der Waals surface area contributed by atoms with E-state index in [0.29, 0.717) is 0 Å². The molecule has 0 aromatic heterocycles. The molecule has 0 unspecified atom stereocenters. The van der Waals surface area contributed by atoms with Gasteiger partial charge in [-0.25, -0.2) is 13.2 Å². The van der Waals surface area contributed by atoms with Gasteiger partial charge in [0.2, 0.25) is 0 Å². The second kappa shape index (κ2) is 5.34. The number of aliphatic carboxylic acids is 1. The predicted molar refractivity (Wildman–Crippen MR) is 52.2 cm³/mol. The van der Waals surface area contributed by atoms with Gasteiger partial charge in [0, 0.05) is 6.42 Å². The molecule has 0 aliphatic heterocycles. The van der Waals surface area contributed by atoms with Crippen molar-refractivity contribution < 1.29 is 23.1 Å². The lowest BCUT2D eigenvalue weighted by Crippen LogP contribution is -1.92. The summed E-state index contributed by atoms with van der Waals surface area (Å²) in [4.78, 5) is 10.2. The Morgan fingerprint density at radius 1 is 1.25 bits per heavy atom. The van der Waals surface area contributed by atoms with Gasteiger partial charge in [0.15, 0.2) is 17.5 Å². The zero-order valence-electron chi connectivity index (χ0n) is 8.21. The van der Waals surface area contributed by atoms with Crippen LogP contribution in [-0.4, -0.2) is 11.1 Å². The third-order valence-corrected chi connectivity index (χ3v) is 1.84. The van der Waals surface area contributed by atoms with Crippen LogP contribution >= 0.6 is 0 Å². The fourth-order valence-electron chi connectivity index (χ4n) is 1.10. The monoisotopic (exact) mass is 230 g/mol. The maximum absolute atomic E-state index is 12.7. The largest absolute Gasteiger partial charge is 0.481 e. The normalized spacial score (nSPS) is 10.9. The van der Waals surface area contributed by atoms with Crippen molar-refractivity contribution >= 4 is 12.0 Å². The average Bonchev–Trinajstić information content (AvgIpc) is 2.20. The highest BCUT2D eigenvalue weighted by molar-refractivity contribution is 5.67. The summed E-state index contributed by atoms with van der Waals surface area (Å²) >= 11 is 0. The summed E-state index contributed by atoms with van der Waals surface area (Å²) in [7, 11) is 0. The van der Waals surface area contributed by atoms with Crippen molar-refractivity contribution in [3.63, 3.8) is 0 Å². The Bertz CT molecular complexity index is 404. The van der Waals surface area contributed by atoms with Crippen LogP contribution in [0.1, 0.15) is 18.4 Å². The second-order valence-electron chi connectivity index (χ2n) is 3.13. The molecule has 1 rings (SSSR count). The second-order valence-corrected chi connectivity index (χ2v) is 3.13. The molecule has 0 radical (unpaired) electrons. The lowest BCUT2D eigenvalue weighted by atomic mass is 10.1. The summed E-state index contributed by atoms with van der Waals surface area (Å²) in [6.07, 6.45) is 2.98. The van der Waals surface area contributed by atoms with Gasteiger partial charge in [-0.05, 0) is 24.1 Å². The number of carboxylic acid groups (broad SMARTS) is 1. The Morgan fingerprint density at radius 3 is 2.31 bits per heavy atom. The molecule has 0 saturated heterocycles. The third kappa shape index (κ3) is 3.42. The molecule has 5 heteroatoms. The zero-order valence-corrected chi connectivity index (χ0v) is 8.21. The number of benzene rings is 1. The standard InChI is InChI=1S/C11H9F3O2/c12-8-5-7(6-9(13)11(8)14)3-1-2-4-10(15)16/h1,3,5-6H,2,4H2,(H,15,16). The molecule has 86 valence electrons. The van der Waals surface area contributed by atoms with Crippen molar-refractivity contribution in [3.05, 3.63) is 41.2 Å². The first-order valence-electron chi connectivity index (χ1n) is 4.53. The summed E-state index contributed by atoms with van der Waals surface area (Å²) in [5.74, 6) is -5.00. The molecule has 2 nitrogen and oxygen atoms in total. The van der Waals surface area contributed by atoms with Crippen LogP contribution < -0.4 is 0 Å². The van der Waals surface area contributed by atoms with E-state index in [4.69, 9.17) is 5.11 Å². The minimum atomic E-state index is -1.51. The highest BCUT2D eigenvalue weighted by atomic mass is 19.2. The minimum absolute atomic E-state index is 0.0668. The minimum Gasteiger partial charge on any atom is -0.481 e. The Hall–Kier alpha value is -1.78. The van der Waals surface area contributed by atoms with Crippen LogP contribution in [0.4, 0.5) is 13.2 Å². The van der Waals surface area contributed by atoms with Crippen molar-refractivity contribution in [2.75, 3.05) is 0 Å². The van der Waals surface area contributed by atoms with E-state index < -0.39 is 23.4 Å². The first kappa shape index (κ1) is 12.3. The van der Waals surface area contributed by atoms with Gasteiger partial charge in [-0.15, -0.1) is 0 Å². The highest BCUT2D eigenvalue weighted by Gasteiger charge is 2.08. The summed E-state index contributed by atoms with van der Waals surface area (Å²) in [6.45, 7) is 0. The van der Waals surface area contributed by atoms with Crippen LogP contribution in [0.2, 0.25) is 0 Å². The maximum Gasteiger partial charge on any atom is 0.303 e. The number of allylic oxidation sites excluding steroid dienone is 1. The SMILES string of the molecule is O=C(O)CCC=Cc1cc(F)c(F)c(F)c1. The van der Waals surface area contributed by atoms with Crippen molar-refractivity contribution in [1.82, 2.24) is 0 Å². The third-order valence-electron chi connectivity index (χ3n) is 1.84. The van der Waals surface area contributed by atoms with E-state index in [-0.39, 0.29) is 18.4 Å². The Balaban J connectivity index is 2.71. The highest BCUT2D eigenvalue weighted by Crippen LogP contribution is 2.14. The number of halogens is 3. The van der Waals surface area contributed by atoms with Crippen LogP contribution in [-0.2, 0) is 4.79 Å². The van der Waals surface area contributed by atoms with Gasteiger partial charge >= 0.3 is 5.97 Å². The summed E-state index contributed by atoms with van der Waals surface area (Å²) in [6, 6.07) is 1.69. The Kier molecular flexibility index (Phi) is 4.10. The fourth-order valence-corrected chi connectivity index (χ4v) is 1.10. The fraction of sp³-hybridized carbons (Fsp3) is 0.182. The van der Waals surface area contributed by atoms with Crippen LogP contribution in [0.3, 0.4) is 0 Å². The lowest BCUT2D eigenvalue weighted by Gasteiger charge is -1.97. The van der Waals surface area contributed by atoms with Gasteiger partial charge in [-0.1, -0.05) is 12.2 Å².